The van der Waals surface area contributed by atoms with Gasteiger partial charge in [-0.3, -0.25) is 19.7 Å². The predicted octanol–water partition coefficient (Wildman–Crippen LogP) is 3.04. The molecule has 0 aromatic heterocycles. The smallest absolute Gasteiger partial charge is 0.334 e. The Hall–Kier alpha value is -3.81. The average Bonchev–Trinajstić information content (AvgIpc) is 2.75. The SMILES string of the molecule is O=C1CCCC2=C1[C@@H](c1ccc([N+](=O)[O-])cc1)[C@@H](NC(=O)c1ccccc1)C(=O)O2. The molecule has 0 fully saturated rings. The van der Waals surface area contributed by atoms with Crippen LogP contribution < -0.4 is 5.32 Å². The van der Waals surface area contributed by atoms with E-state index < -0.39 is 28.8 Å². The number of esters is 1. The third kappa shape index (κ3) is 3.59. The van der Waals surface area contributed by atoms with E-state index in [4.69, 9.17) is 4.74 Å². The first-order chi connectivity index (χ1) is 14.5. The molecule has 152 valence electrons. The minimum Gasteiger partial charge on any atom is -0.429 e. The molecule has 0 unspecified atom stereocenters. The molecule has 2 aromatic carbocycles. The zero-order chi connectivity index (χ0) is 21.3. The van der Waals surface area contributed by atoms with Crippen LogP contribution in [-0.4, -0.2) is 28.6 Å². The highest BCUT2D eigenvalue weighted by atomic mass is 16.6. The Morgan fingerprint density at radius 2 is 1.73 bits per heavy atom. The van der Waals surface area contributed by atoms with Gasteiger partial charge in [-0.1, -0.05) is 30.3 Å². The molecule has 8 heteroatoms. The molecule has 0 radical (unpaired) electrons. The van der Waals surface area contributed by atoms with Crippen molar-refractivity contribution in [3.05, 3.63) is 87.2 Å². The maximum atomic E-state index is 12.8. The predicted molar refractivity (Wildman–Crippen MR) is 106 cm³/mol. The van der Waals surface area contributed by atoms with Crippen molar-refractivity contribution >= 4 is 23.3 Å². The first kappa shape index (κ1) is 19.5. The van der Waals surface area contributed by atoms with Crippen LogP contribution in [0.5, 0.6) is 0 Å². The van der Waals surface area contributed by atoms with Gasteiger partial charge in [0.15, 0.2) is 5.78 Å². The highest BCUT2D eigenvalue weighted by Gasteiger charge is 2.44. The van der Waals surface area contributed by atoms with Crippen LogP contribution in [0.4, 0.5) is 5.69 Å². The molecule has 0 saturated carbocycles. The van der Waals surface area contributed by atoms with Crippen molar-refractivity contribution < 1.29 is 24.0 Å². The van der Waals surface area contributed by atoms with Crippen LogP contribution in [0.25, 0.3) is 0 Å². The normalized spacial score (nSPS) is 20.9. The summed E-state index contributed by atoms with van der Waals surface area (Å²) in [6.07, 6.45) is 1.35. The van der Waals surface area contributed by atoms with Gasteiger partial charge in [0.2, 0.25) is 0 Å². The molecule has 1 N–H and O–H groups in total. The maximum Gasteiger partial charge on any atom is 0.334 e. The molecule has 30 heavy (non-hydrogen) atoms. The molecule has 2 aromatic rings. The Kier molecular flexibility index (Phi) is 5.14. The van der Waals surface area contributed by atoms with Gasteiger partial charge in [0, 0.05) is 42.0 Å². The lowest BCUT2D eigenvalue weighted by Gasteiger charge is -2.35. The van der Waals surface area contributed by atoms with Crippen LogP contribution in [0.3, 0.4) is 0 Å². The number of carbonyl (C=O) groups is 3. The summed E-state index contributed by atoms with van der Waals surface area (Å²) in [6, 6.07) is 12.9. The maximum absolute atomic E-state index is 12.8. The number of carbonyl (C=O) groups excluding carboxylic acids is 3. The lowest BCUT2D eigenvalue weighted by Crippen LogP contribution is -2.50. The zero-order valence-electron chi connectivity index (χ0n) is 15.9. The molecule has 1 amide bonds. The van der Waals surface area contributed by atoms with Gasteiger partial charge in [-0.2, -0.15) is 0 Å². The van der Waals surface area contributed by atoms with Gasteiger partial charge in [-0.15, -0.1) is 0 Å². The summed E-state index contributed by atoms with van der Waals surface area (Å²) in [4.78, 5) is 48.7. The van der Waals surface area contributed by atoms with Crippen molar-refractivity contribution in [2.45, 2.75) is 31.2 Å². The molecule has 1 aliphatic heterocycles. The van der Waals surface area contributed by atoms with Crippen LogP contribution in [0.2, 0.25) is 0 Å². The minimum absolute atomic E-state index is 0.105. The van der Waals surface area contributed by atoms with Crippen molar-refractivity contribution in [3.8, 4) is 0 Å². The number of rotatable bonds is 4. The van der Waals surface area contributed by atoms with Crippen molar-refractivity contribution in [1.82, 2.24) is 5.32 Å². The second-order valence-corrected chi connectivity index (χ2v) is 7.18. The molecule has 0 bridgehead atoms. The quantitative estimate of drug-likeness (QED) is 0.474. The number of nitrogens with one attached hydrogen (secondary N) is 1. The van der Waals surface area contributed by atoms with E-state index in [-0.39, 0.29) is 11.5 Å². The Bertz CT molecular complexity index is 1060. The van der Waals surface area contributed by atoms with Gasteiger partial charge in [0.05, 0.1) is 4.92 Å². The van der Waals surface area contributed by atoms with Crippen molar-refractivity contribution in [2.75, 3.05) is 0 Å². The number of nitrogens with zero attached hydrogens (tertiary/aromatic N) is 1. The van der Waals surface area contributed by atoms with Gasteiger partial charge in [0.1, 0.15) is 11.8 Å². The van der Waals surface area contributed by atoms with Gasteiger partial charge >= 0.3 is 5.97 Å². The van der Waals surface area contributed by atoms with E-state index in [9.17, 15) is 24.5 Å². The Morgan fingerprint density at radius 3 is 2.40 bits per heavy atom. The van der Waals surface area contributed by atoms with Gasteiger partial charge in [-0.25, -0.2) is 4.79 Å². The standard InChI is InChI=1S/C22H18N2O6/c25-16-7-4-8-17-19(16)18(13-9-11-15(12-10-13)24(28)29)20(22(27)30-17)23-21(26)14-5-2-1-3-6-14/h1-3,5-6,9-12,18,20H,4,7-8H2,(H,23,26)/t18-,20-/m1/s1. The molecule has 2 atom stereocenters. The van der Waals surface area contributed by atoms with E-state index >= 15 is 0 Å². The van der Waals surface area contributed by atoms with Gasteiger partial charge in [-0.05, 0) is 24.1 Å². The van der Waals surface area contributed by atoms with Gasteiger partial charge < -0.3 is 10.1 Å². The summed E-state index contributed by atoms with van der Waals surface area (Å²) in [7, 11) is 0. The number of benzene rings is 2. The first-order valence-corrected chi connectivity index (χ1v) is 9.54. The second kappa shape index (κ2) is 7.90. The number of hydrogen-bond donors (Lipinski definition) is 1. The number of ether oxygens (including phenoxy) is 1. The second-order valence-electron chi connectivity index (χ2n) is 7.18. The van der Waals surface area contributed by atoms with E-state index in [0.29, 0.717) is 41.7 Å². The summed E-state index contributed by atoms with van der Waals surface area (Å²) >= 11 is 0. The third-order valence-electron chi connectivity index (χ3n) is 5.32. The summed E-state index contributed by atoms with van der Waals surface area (Å²) in [5.74, 6) is -1.73. The van der Waals surface area contributed by atoms with E-state index in [1.165, 1.54) is 24.3 Å². The highest BCUT2D eigenvalue weighted by Crippen LogP contribution is 2.41. The third-order valence-corrected chi connectivity index (χ3v) is 5.32. The number of Topliss-reactive ketones (excluding diaryl/α,β-unsaturated/α-hetero) is 1. The lowest BCUT2D eigenvalue weighted by molar-refractivity contribution is -0.384. The molecule has 1 heterocycles. The summed E-state index contributed by atoms with van der Waals surface area (Å²) in [5.41, 5.74) is 1.14. The molecule has 1 aliphatic carbocycles. The van der Waals surface area contributed by atoms with E-state index in [1.807, 2.05) is 0 Å². The molecular formula is C22H18N2O6. The van der Waals surface area contributed by atoms with Crippen LogP contribution in [0.1, 0.15) is 41.1 Å². The average molecular weight is 406 g/mol. The molecule has 4 rings (SSSR count). The molecular weight excluding hydrogens is 388 g/mol. The van der Waals surface area contributed by atoms with Crippen LogP contribution in [-0.2, 0) is 14.3 Å². The number of amides is 1. The molecule has 0 saturated heterocycles. The number of allylic oxidation sites excluding steroid dienone is 1. The minimum atomic E-state index is -1.13. The number of nitro benzene ring substituents is 1. The van der Waals surface area contributed by atoms with Gasteiger partial charge in [0.25, 0.3) is 11.6 Å². The monoisotopic (exact) mass is 406 g/mol. The largest absolute Gasteiger partial charge is 0.429 e. The number of non-ortho nitro benzene ring substituents is 1. The molecule has 0 spiro atoms. The number of ketones is 1. The number of nitro groups is 1. The van der Waals surface area contributed by atoms with E-state index in [1.54, 1.807) is 30.3 Å². The van der Waals surface area contributed by atoms with Crippen LogP contribution in [0.15, 0.2) is 65.9 Å². The Balaban J connectivity index is 1.76. The Morgan fingerprint density at radius 1 is 1.03 bits per heavy atom. The van der Waals surface area contributed by atoms with Crippen LogP contribution >= 0.6 is 0 Å². The van der Waals surface area contributed by atoms with Crippen molar-refractivity contribution in [3.63, 3.8) is 0 Å². The lowest BCUT2D eigenvalue weighted by atomic mass is 9.77. The Labute approximate surface area is 171 Å². The molecule has 8 nitrogen and oxygen atoms in total. The topological polar surface area (TPSA) is 116 Å². The first-order valence-electron chi connectivity index (χ1n) is 9.54. The van der Waals surface area contributed by atoms with E-state index in [0.717, 1.165) is 0 Å². The van der Waals surface area contributed by atoms with Crippen LogP contribution in [0, 0.1) is 10.1 Å². The summed E-state index contributed by atoms with van der Waals surface area (Å²) in [5, 5.41) is 13.7. The highest BCUT2D eigenvalue weighted by molar-refractivity contribution is 6.03. The zero-order valence-corrected chi connectivity index (χ0v) is 15.9. The van der Waals surface area contributed by atoms with E-state index in [2.05, 4.69) is 5.32 Å². The fraction of sp³-hybridized carbons (Fsp3) is 0.227. The van der Waals surface area contributed by atoms with Crippen molar-refractivity contribution in [1.29, 1.82) is 0 Å². The fourth-order valence-electron chi connectivity index (χ4n) is 3.89. The molecule has 2 aliphatic rings. The summed E-state index contributed by atoms with van der Waals surface area (Å²) in [6.45, 7) is 0. The van der Waals surface area contributed by atoms with Crippen molar-refractivity contribution in [2.24, 2.45) is 0 Å². The number of hydrogen-bond acceptors (Lipinski definition) is 6. The summed E-state index contributed by atoms with van der Waals surface area (Å²) < 4.78 is 5.42. The fourth-order valence-corrected chi connectivity index (χ4v) is 3.89.